The Labute approximate surface area is 583 Å². The average Bonchev–Trinajstić information content (AvgIpc) is 1.66. The summed E-state index contributed by atoms with van der Waals surface area (Å²) in [5.41, 5.74) is -5.26. The van der Waals surface area contributed by atoms with E-state index in [0.29, 0.717) is 38.5 Å². The lowest BCUT2D eigenvalue weighted by atomic mass is 9.81. The van der Waals surface area contributed by atoms with Crippen LogP contribution >= 0.6 is 0 Å². The Bertz CT molecular complexity index is 3090. The lowest BCUT2D eigenvalue weighted by molar-refractivity contribution is -0.156. The van der Waals surface area contributed by atoms with Crippen LogP contribution in [0.15, 0.2) is 0 Å². The van der Waals surface area contributed by atoms with Crippen LogP contribution in [-0.4, -0.2) is 216 Å². The van der Waals surface area contributed by atoms with Gasteiger partial charge in [0.1, 0.15) is 0 Å². The highest BCUT2D eigenvalue weighted by molar-refractivity contribution is 5.85. The van der Waals surface area contributed by atoms with E-state index >= 15 is 0 Å². The predicted octanol–water partition coefficient (Wildman–Crippen LogP) is 7.08. The number of methoxy groups -OCH3 is 4. The van der Waals surface area contributed by atoms with E-state index in [1.807, 2.05) is 69.2 Å². The molecule has 1 spiro atoms. The van der Waals surface area contributed by atoms with Crippen molar-refractivity contribution in [3.05, 3.63) is 0 Å². The lowest BCUT2D eigenvalue weighted by Crippen LogP contribution is -2.46. The molecule has 9 atom stereocenters. The maximum Gasteiger partial charge on any atom is 0.509 e. The van der Waals surface area contributed by atoms with Gasteiger partial charge in [0.05, 0.1) is 28.4 Å². The van der Waals surface area contributed by atoms with Gasteiger partial charge in [-0.05, 0) is 79.1 Å². The fourth-order valence-corrected chi connectivity index (χ4v) is 10.2. The summed E-state index contributed by atoms with van der Waals surface area (Å²) in [6.45, 7) is 24.2. The first kappa shape index (κ1) is 86.9. The summed E-state index contributed by atoms with van der Waals surface area (Å²) >= 11 is 0. The first-order valence-electron chi connectivity index (χ1n) is 31.4. The molecule has 8 aliphatic rings. The van der Waals surface area contributed by atoms with Gasteiger partial charge in [0.25, 0.3) is 0 Å². The number of ether oxygens (including phenoxy) is 21. The van der Waals surface area contributed by atoms with Crippen LogP contribution in [0, 0.1) is 47.9 Å². The lowest BCUT2D eigenvalue weighted by Gasteiger charge is -2.32. The van der Waals surface area contributed by atoms with E-state index in [1.165, 1.54) is 28.4 Å². The van der Waals surface area contributed by atoms with Crippen LogP contribution in [-0.2, 0) is 133 Å². The molecule has 7 saturated heterocycles. The van der Waals surface area contributed by atoms with Crippen molar-refractivity contribution in [2.24, 2.45) is 10.8 Å². The maximum absolute atomic E-state index is 11.6. The van der Waals surface area contributed by atoms with E-state index in [9.17, 15) is 67.1 Å². The molecule has 8 rings (SSSR count). The van der Waals surface area contributed by atoms with E-state index < -0.39 is 173 Å². The molecule has 101 heavy (non-hydrogen) atoms. The summed E-state index contributed by atoms with van der Waals surface area (Å²) in [6, 6.07) is 0. The van der Waals surface area contributed by atoms with Gasteiger partial charge in [0, 0.05) is 10.8 Å². The molecule has 0 aromatic rings. The number of carbonyl (C=O) groups excluding carboxylic acids is 14. The molecule has 35 nitrogen and oxygen atoms in total. The maximum atomic E-state index is 11.6. The van der Waals surface area contributed by atoms with Crippen LogP contribution in [0.3, 0.4) is 0 Å². The number of hydrogen-bond donors (Lipinski definition) is 0. The van der Waals surface area contributed by atoms with Gasteiger partial charge in [0.15, 0.2) is 60.0 Å². The standard InChI is InChI=1S/2C11H14O5.C10H14O5.C9H14O5.C9H10O5.C9H14O5.C7H10O5/c1-5-6-14-9(12)7-8(11(2,3)4)16-10(13)15-7;1-4-7-14-9(12)8-11(5-2,6-3)16-10(13)15-8;1-13-8(11)7-10(15-9(12)14-7)5-3-2-4-6-10;1-9(2,3)6-5(7(10)12-4)13-8(11)14-6;1-4-5-12-7(10)6-9(2,3)14-8(11)13-6;1-4-9(5-2)6(7(10)12-3)13-8(11)14-9;1-7(2)4(5(8)10-3)11-6(9)12-7/h1,7-8H,6H2,2-4H3;1,8H,5-7H2,2-3H3;7H,2-6H2,1H3;5-6H,1-4H3;1,6H,5H2,2-3H3;6H,4-5H2,1-3H3;4H,1-3H3. The van der Waals surface area contributed by atoms with E-state index in [2.05, 4.69) is 50.9 Å². The molecule has 7 aliphatic heterocycles. The summed E-state index contributed by atoms with van der Waals surface area (Å²) in [4.78, 5) is 156. The highest BCUT2D eigenvalue weighted by Gasteiger charge is 2.58. The summed E-state index contributed by atoms with van der Waals surface area (Å²) < 4.78 is 99.9. The first-order chi connectivity index (χ1) is 47.0. The van der Waals surface area contributed by atoms with Crippen molar-refractivity contribution in [1.82, 2.24) is 0 Å². The number of carbonyl (C=O) groups is 14. The SMILES string of the molecule is C#CCOC(=O)C1OC(=O)OC1(C)C.C#CCOC(=O)C1OC(=O)OC1(CC)CC.C#CCOC(=O)C1OC(=O)OC1C(C)(C)C.CCC1(CC)OC(=O)OC1C(=O)OC.COC(=O)C1OC(=O)OC1(C)C.COC(=O)C1OC(=O)OC12CCCCC2.COC(=O)C1OC(=O)OC1C(C)(C)C. The van der Waals surface area contributed by atoms with E-state index in [1.54, 1.807) is 27.7 Å². The van der Waals surface area contributed by atoms with Gasteiger partial charge in [-0.25, -0.2) is 67.1 Å². The first-order valence-corrected chi connectivity index (χ1v) is 31.4. The Hall–Kier alpha value is -10.1. The minimum atomic E-state index is -1.05. The third kappa shape index (κ3) is 23.8. The Morgan fingerprint density at radius 1 is 0.376 bits per heavy atom. The van der Waals surface area contributed by atoms with Crippen molar-refractivity contribution < 1.29 is 167 Å². The third-order valence-corrected chi connectivity index (χ3v) is 15.8. The predicted molar refractivity (Wildman–Crippen MR) is 334 cm³/mol. The van der Waals surface area contributed by atoms with Crippen LogP contribution in [0.1, 0.15) is 155 Å². The normalized spacial score (nSPS) is 24.8. The molecule has 0 aromatic carbocycles. The molecule has 564 valence electrons. The molecule has 0 N–H and O–H groups in total. The molecule has 9 unspecified atom stereocenters. The van der Waals surface area contributed by atoms with Crippen LogP contribution in [0.2, 0.25) is 0 Å². The van der Waals surface area contributed by atoms with Crippen LogP contribution in [0.5, 0.6) is 0 Å². The molecule has 8 fully saturated rings. The van der Waals surface area contributed by atoms with Gasteiger partial charge in [0.2, 0.25) is 42.7 Å². The summed E-state index contributed by atoms with van der Waals surface area (Å²) in [5.74, 6) is 2.15. The fourth-order valence-electron chi connectivity index (χ4n) is 10.2. The van der Waals surface area contributed by atoms with Crippen molar-refractivity contribution in [2.75, 3.05) is 48.3 Å². The molecular formula is C66H90O35. The second kappa shape index (κ2) is 37.9. The topological polar surface area (TPSA) is 433 Å². The average molecular weight is 1440 g/mol. The quantitative estimate of drug-likeness (QED) is 0.0951. The summed E-state index contributed by atoms with van der Waals surface area (Å²) in [5, 5.41) is 0. The summed E-state index contributed by atoms with van der Waals surface area (Å²) in [6.07, 6.45) is 7.29. The second-order valence-corrected chi connectivity index (χ2v) is 25.5. The van der Waals surface area contributed by atoms with Crippen molar-refractivity contribution in [1.29, 1.82) is 0 Å². The zero-order chi connectivity index (χ0) is 77.2. The molecular weight excluding hydrogens is 1350 g/mol. The molecule has 0 bridgehead atoms. The number of esters is 7. The number of terminal acetylenes is 3. The third-order valence-electron chi connectivity index (χ3n) is 15.8. The molecule has 0 amide bonds. The van der Waals surface area contributed by atoms with E-state index in [-0.39, 0.29) is 25.2 Å². The van der Waals surface area contributed by atoms with Gasteiger partial charge in [-0.1, -0.05) is 93.4 Å². The molecule has 35 heteroatoms. The number of rotatable bonds is 14. The molecule has 0 aromatic heterocycles. The summed E-state index contributed by atoms with van der Waals surface area (Å²) in [7, 11) is 5.01. The van der Waals surface area contributed by atoms with Gasteiger partial charge in [-0.3, -0.25) is 0 Å². The molecule has 1 saturated carbocycles. The van der Waals surface area contributed by atoms with Crippen molar-refractivity contribution in [2.45, 2.75) is 238 Å². The van der Waals surface area contributed by atoms with Gasteiger partial charge in [-0.2, -0.15) is 0 Å². The van der Waals surface area contributed by atoms with E-state index in [4.69, 9.17) is 85.6 Å². The smallest absolute Gasteiger partial charge is 0.466 e. The molecule has 1 aliphatic carbocycles. The molecule has 0 radical (unpaired) electrons. The monoisotopic (exact) mass is 1440 g/mol. The van der Waals surface area contributed by atoms with Gasteiger partial charge >= 0.3 is 84.9 Å². The van der Waals surface area contributed by atoms with Crippen LogP contribution in [0.4, 0.5) is 33.6 Å². The minimum Gasteiger partial charge on any atom is -0.466 e. The van der Waals surface area contributed by atoms with Crippen molar-refractivity contribution in [3.63, 3.8) is 0 Å². The Balaban J connectivity index is 0.000000401. The second-order valence-electron chi connectivity index (χ2n) is 25.5. The van der Waals surface area contributed by atoms with Gasteiger partial charge in [-0.15, -0.1) is 19.3 Å². The van der Waals surface area contributed by atoms with Crippen molar-refractivity contribution >= 4 is 84.9 Å². The Morgan fingerprint density at radius 3 is 1.00 bits per heavy atom. The fraction of sp³-hybridized carbons (Fsp3) is 0.697. The zero-order valence-corrected chi connectivity index (χ0v) is 59.7. The number of hydrogen-bond acceptors (Lipinski definition) is 35. The van der Waals surface area contributed by atoms with E-state index in [0.717, 1.165) is 19.3 Å². The zero-order valence-electron chi connectivity index (χ0n) is 59.7. The highest BCUT2D eigenvalue weighted by Crippen LogP contribution is 2.42. The van der Waals surface area contributed by atoms with Crippen molar-refractivity contribution in [3.8, 4) is 37.0 Å². The van der Waals surface area contributed by atoms with Crippen LogP contribution in [0.25, 0.3) is 0 Å². The Morgan fingerprint density at radius 2 is 0.663 bits per heavy atom. The highest BCUT2D eigenvalue weighted by atomic mass is 16.8. The molecule has 7 heterocycles. The Kier molecular flexibility index (Phi) is 32.6. The largest absolute Gasteiger partial charge is 0.509 e. The van der Waals surface area contributed by atoms with Gasteiger partial charge < -0.3 is 99.5 Å². The number of cyclic esters (lactones) is 13. The van der Waals surface area contributed by atoms with Crippen LogP contribution < -0.4 is 0 Å². The minimum absolute atomic E-state index is 0.142.